The van der Waals surface area contributed by atoms with E-state index < -0.39 is 0 Å². The minimum atomic E-state index is -0.175. The monoisotopic (exact) mass is 375 g/mol. The number of amides is 1. The number of rotatable bonds is 2. The Hall–Kier alpha value is -2.21. The first-order chi connectivity index (χ1) is 12.5. The van der Waals surface area contributed by atoms with Crippen molar-refractivity contribution >= 4 is 17.5 Å². The summed E-state index contributed by atoms with van der Waals surface area (Å²) in [6, 6.07) is 2.72. The SMILES string of the molecule is O=C(C1CCCCC1)N1CCc2[nH]nc(-c3cc(Cl)c(O)cc3O)c2C1. The van der Waals surface area contributed by atoms with Gasteiger partial charge in [0.1, 0.15) is 17.2 Å². The Morgan fingerprint density at radius 1 is 1.19 bits per heavy atom. The number of phenolic OH excluding ortho intramolecular Hbond substituents is 2. The number of fused-ring (bicyclic) bond motifs is 1. The molecule has 7 heteroatoms. The van der Waals surface area contributed by atoms with Crippen molar-refractivity contribution in [2.45, 2.75) is 45.1 Å². The van der Waals surface area contributed by atoms with Gasteiger partial charge in [-0.1, -0.05) is 30.9 Å². The third kappa shape index (κ3) is 3.03. The first-order valence-electron chi connectivity index (χ1n) is 9.11. The normalized spacial score (nSPS) is 18.0. The number of hydrogen-bond donors (Lipinski definition) is 3. The standard InChI is InChI=1S/C19H22ClN3O3/c20-14-8-12(16(24)9-17(14)25)18-13-10-23(7-6-15(13)21-22-18)19(26)11-4-2-1-3-5-11/h8-9,11,24-25H,1-7,10H2,(H,21,22). The number of H-pyrrole nitrogens is 1. The number of aromatic hydroxyl groups is 2. The van der Waals surface area contributed by atoms with Crippen LogP contribution in [0, 0.1) is 5.92 Å². The van der Waals surface area contributed by atoms with Crippen LogP contribution in [0.5, 0.6) is 11.5 Å². The van der Waals surface area contributed by atoms with Gasteiger partial charge in [0.05, 0.1) is 5.02 Å². The molecule has 2 heterocycles. The minimum Gasteiger partial charge on any atom is -0.507 e. The quantitative estimate of drug-likeness (QED) is 0.748. The summed E-state index contributed by atoms with van der Waals surface area (Å²) in [5.74, 6) is 0.107. The molecule has 0 unspecified atom stereocenters. The second-order valence-electron chi connectivity index (χ2n) is 7.19. The van der Waals surface area contributed by atoms with E-state index in [2.05, 4.69) is 10.2 Å². The average Bonchev–Trinajstić information content (AvgIpc) is 3.08. The van der Waals surface area contributed by atoms with Crippen molar-refractivity contribution in [2.24, 2.45) is 5.92 Å². The number of halogens is 1. The Balaban J connectivity index is 1.62. The van der Waals surface area contributed by atoms with Crippen molar-refractivity contribution in [2.75, 3.05) is 6.54 Å². The van der Waals surface area contributed by atoms with Gasteiger partial charge >= 0.3 is 0 Å². The molecule has 0 bridgehead atoms. The largest absolute Gasteiger partial charge is 0.507 e. The number of aromatic nitrogens is 2. The fraction of sp³-hybridized carbons (Fsp3) is 0.474. The van der Waals surface area contributed by atoms with Gasteiger partial charge in [0.15, 0.2) is 0 Å². The van der Waals surface area contributed by atoms with Crippen molar-refractivity contribution in [3.8, 4) is 22.8 Å². The summed E-state index contributed by atoms with van der Waals surface area (Å²) < 4.78 is 0. The molecule has 2 aromatic rings. The second kappa shape index (κ2) is 6.83. The highest BCUT2D eigenvalue weighted by molar-refractivity contribution is 6.32. The van der Waals surface area contributed by atoms with Crippen LogP contribution in [0.4, 0.5) is 0 Å². The maximum Gasteiger partial charge on any atom is 0.225 e. The lowest BCUT2D eigenvalue weighted by molar-refractivity contribution is -0.137. The van der Waals surface area contributed by atoms with E-state index in [4.69, 9.17) is 11.6 Å². The third-order valence-corrected chi connectivity index (χ3v) is 5.82. The first kappa shape index (κ1) is 17.2. The van der Waals surface area contributed by atoms with Crippen LogP contribution in [-0.2, 0) is 17.8 Å². The van der Waals surface area contributed by atoms with E-state index in [1.165, 1.54) is 18.6 Å². The highest BCUT2D eigenvalue weighted by Crippen LogP contribution is 2.39. The summed E-state index contributed by atoms with van der Waals surface area (Å²) in [5, 5.41) is 27.4. The van der Waals surface area contributed by atoms with Gasteiger partial charge in [0.2, 0.25) is 5.91 Å². The summed E-state index contributed by atoms with van der Waals surface area (Å²) in [4.78, 5) is 14.8. The molecule has 0 saturated heterocycles. The number of carbonyl (C=O) groups is 1. The van der Waals surface area contributed by atoms with Gasteiger partial charge in [0, 0.05) is 48.3 Å². The van der Waals surface area contributed by atoms with Crippen molar-refractivity contribution in [1.29, 1.82) is 0 Å². The molecule has 4 rings (SSSR count). The maximum atomic E-state index is 12.9. The summed E-state index contributed by atoms with van der Waals surface area (Å²) >= 11 is 6.00. The zero-order chi connectivity index (χ0) is 18.3. The molecule has 0 spiro atoms. The number of nitrogens with one attached hydrogen (secondary N) is 1. The third-order valence-electron chi connectivity index (χ3n) is 5.52. The van der Waals surface area contributed by atoms with Crippen molar-refractivity contribution < 1.29 is 15.0 Å². The van der Waals surface area contributed by atoms with E-state index in [1.54, 1.807) is 0 Å². The van der Waals surface area contributed by atoms with E-state index >= 15 is 0 Å². The van der Waals surface area contributed by atoms with Crippen LogP contribution < -0.4 is 0 Å². The van der Waals surface area contributed by atoms with E-state index in [-0.39, 0.29) is 28.3 Å². The van der Waals surface area contributed by atoms with Crippen LogP contribution in [-0.4, -0.2) is 37.8 Å². The van der Waals surface area contributed by atoms with Crippen molar-refractivity contribution in [1.82, 2.24) is 15.1 Å². The average molecular weight is 376 g/mol. The van der Waals surface area contributed by atoms with Crippen LogP contribution in [0.3, 0.4) is 0 Å². The second-order valence-corrected chi connectivity index (χ2v) is 7.60. The number of hydrogen-bond acceptors (Lipinski definition) is 4. The lowest BCUT2D eigenvalue weighted by Gasteiger charge is -2.32. The zero-order valence-corrected chi connectivity index (χ0v) is 15.2. The molecule has 3 N–H and O–H groups in total. The summed E-state index contributed by atoms with van der Waals surface area (Å²) in [6.45, 7) is 1.17. The number of carbonyl (C=O) groups excluding carboxylic acids is 1. The molecule has 6 nitrogen and oxygen atoms in total. The summed E-state index contributed by atoms with van der Waals surface area (Å²) in [5.41, 5.74) is 2.94. The van der Waals surface area contributed by atoms with E-state index in [9.17, 15) is 15.0 Å². The van der Waals surface area contributed by atoms with Crippen LogP contribution in [0.25, 0.3) is 11.3 Å². The van der Waals surface area contributed by atoms with Crippen molar-refractivity contribution in [3.63, 3.8) is 0 Å². The molecule has 2 aliphatic rings. The lowest BCUT2D eigenvalue weighted by atomic mass is 9.87. The highest BCUT2D eigenvalue weighted by Gasteiger charge is 2.31. The van der Waals surface area contributed by atoms with Gasteiger partial charge in [-0.05, 0) is 18.9 Å². The molecule has 1 amide bonds. The van der Waals surface area contributed by atoms with E-state index in [0.717, 1.165) is 36.9 Å². The number of benzene rings is 1. The first-order valence-corrected chi connectivity index (χ1v) is 9.49. The van der Waals surface area contributed by atoms with Gasteiger partial charge in [0.25, 0.3) is 0 Å². The van der Waals surface area contributed by atoms with E-state index in [1.807, 2.05) is 4.90 Å². The molecule has 1 aliphatic carbocycles. The Morgan fingerprint density at radius 3 is 2.73 bits per heavy atom. The fourth-order valence-corrected chi connectivity index (χ4v) is 4.22. The maximum absolute atomic E-state index is 12.9. The molecular weight excluding hydrogens is 354 g/mol. The van der Waals surface area contributed by atoms with Gasteiger partial charge < -0.3 is 15.1 Å². The zero-order valence-electron chi connectivity index (χ0n) is 14.5. The van der Waals surface area contributed by atoms with Gasteiger partial charge in [-0.2, -0.15) is 5.10 Å². The molecular formula is C19H22ClN3O3. The lowest BCUT2D eigenvalue weighted by Crippen LogP contribution is -2.40. The fourth-order valence-electron chi connectivity index (χ4n) is 4.05. The molecule has 1 aromatic carbocycles. The number of phenols is 2. The van der Waals surface area contributed by atoms with Gasteiger partial charge in [-0.25, -0.2) is 0 Å². The van der Waals surface area contributed by atoms with Crippen LogP contribution >= 0.6 is 11.6 Å². The molecule has 0 radical (unpaired) electrons. The van der Waals surface area contributed by atoms with Crippen LogP contribution in [0.2, 0.25) is 5.02 Å². The summed E-state index contributed by atoms with van der Waals surface area (Å²) in [6.07, 6.45) is 6.16. The topological polar surface area (TPSA) is 89.5 Å². The Labute approximate surface area is 156 Å². The predicted molar refractivity (Wildman–Crippen MR) is 98.1 cm³/mol. The number of nitrogens with zero attached hydrogens (tertiary/aromatic N) is 2. The van der Waals surface area contributed by atoms with Crippen LogP contribution in [0.15, 0.2) is 12.1 Å². The number of aromatic amines is 1. The van der Waals surface area contributed by atoms with Gasteiger partial charge in [-0.3, -0.25) is 9.89 Å². The summed E-state index contributed by atoms with van der Waals surface area (Å²) in [7, 11) is 0. The van der Waals surface area contributed by atoms with Crippen molar-refractivity contribution in [3.05, 3.63) is 28.4 Å². The smallest absolute Gasteiger partial charge is 0.225 e. The molecule has 1 fully saturated rings. The van der Waals surface area contributed by atoms with Gasteiger partial charge in [-0.15, -0.1) is 0 Å². The highest BCUT2D eigenvalue weighted by atomic mass is 35.5. The Bertz CT molecular complexity index is 843. The van der Waals surface area contributed by atoms with E-state index in [0.29, 0.717) is 30.8 Å². The molecule has 26 heavy (non-hydrogen) atoms. The Kier molecular flexibility index (Phi) is 4.53. The van der Waals surface area contributed by atoms with Crippen LogP contribution in [0.1, 0.15) is 43.4 Å². The molecule has 0 atom stereocenters. The molecule has 1 saturated carbocycles. The Morgan fingerprint density at radius 2 is 1.96 bits per heavy atom. The molecule has 1 aliphatic heterocycles. The molecule has 1 aromatic heterocycles. The molecule has 138 valence electrons. The minimum absolute atomic E-state index is 0.0862. The predicted octanol–water partition coefficient (Wildman–Crippen LogP) is 3.61.